The highest BCUT2D eigenvalue weighted by Gasteiger charge is 2.34. The summed E-state index contributed by atoms with van der Waals surface area (Å²) in [5.41, 5.74) is 0. The van der Waals surface area contributed by atoms with Gasteiger partial charge in [0.05, 0.1) is 5.04 Å². The third kappa shape index (κ3) is 1.45. The molecule has 1 fully saturated rings. The first-order valence-corrected chi connectivity index (χ1v) is 5.51. The van der Waals surface area contributed by atoms with Gasteiger partial charge in [0.15, 0.2) is 0 Å². The fourth-order valence-electron chi connectivity index (χ4n) is 2.04. The summed E-state index contributed by atoms with van der Waals surface area (Å²) in [5, 5.41) is 1.22. The van der Waals surface area contributed by atoms with Crippen molar-refractivity contribution in [2.75, 3.05) is 7.05 Å². The van der Waals surface area contributed by atoms with Gasteiger partial charge >= 0.3 is 0 Å². The van der Waals surface area contributed by atoms with Crippen molar-refractivity contribution in [3.05, 3.63) is 12.2 Å². The summed E-state index contributed by atoms with van der Waals surface area (Å²) in [5.74, 6) is 0. The normalized spacial score (nSPS) is 30.2. The average molecular weight is 181 g/mol. The van der Waals surface area contributed by atoms with Crippen LogP contribution in [0.2, 0.25) is 0 Å². The van der Waals surface area contributed by atoms with E-state index < -0.39 is 0 Å². The second-order valence-electron chi connectivity index (χ2n) is 3.62. The van der Waals surface area contributed by atoms with E-state index in [2.05, 4.69) is 17.1 Å². The molecule has 12 heavy (non-hydrogen) atoms. The minimum absolute atomic E-state index is 0.451. The van der Waals surface area contributed by atoms with Crippen molar-refractivity contribution >= 4 is 16.8 Å². The maximum atomic E-state index is 4.23. The minimum Gasteiger partial charge on any atom is -0.282 e. The predicted molar refractivity (Wildman–Crippen MR) is 55.9 cm³/mol. The van der Waals surface area contributed by atoms with Gasteiger partial charge in [-0.25, -0.2) is 0 Å². The van der Waals surface area contributed by atoms with Gasteiger partial charge in [-0.15, -0.1) is 0 Å². The van der Waals surface area contributed by atoms with Crippen molar-refractivity contribution in [3.8, 4) is 0 Å². The summed E-state index contributed by atoms with van der Waals surface area (Å²) < 4.78 is 0.451. The average Bonchev–Trinajstić information content (AvgIpc) is 2.50. The van der Waals surface area contributed by atoms with Gasteiger partial charge in [-0.1, -0.05) is 37.1 Å². The smallest absolute Gasteiger partial charge is 0.0906 e. The lowest BCUT2D eigenvalue weighted by Crippen LogP contribution is -2.23. The fraction of sp³-hybridized carbons (Fsp3) is 0.700. The SMILES string of the molecule is CN=C1C=CC2(CCCCC2)S1. The van der Waals surface area contributed by atoms with Gasteiger partial charge < -0.3 is 0 Å². The van der Waals surface area contributed by atoms with E-state index in [9.17, 15) is 0 Å². The van der Waals surface area contributed by atoms with E-state index in [1.165, 1.54) is 37.1 Å². The monoisotopic (exact) mass is 181 g/mol. The first kappa shape index (κ1) is 8.36. The number of hydrogen-bond acceptors (Lipinski definition) is 2. The van der Waals surface area contributed by atoms with Crippen LogP contribution in [0.3, 0.4) is 0 Å². The van der Waals surface area contributed by atoms with Crippen molar-refractivity contribution in [2.24, 2.45) is 4.99 Å². The Morgan fingerprint density at radius 3 is 2.67 bits per heavy atom. The summed E-state index contributed by atoms with van der Waals surface area (Å²) in [4.78, 5) is 4.23. The lowest BCUT2D eigenvalue weighted by molar-refractivity contribution is 0.455. The molecule has 1 nitrogen and oxygen atoms in total. The van der Waals surface area contributed by atoms with E-state index in [-0.39, 0.29) is 0 Å². The molecule has 2 heteroatoms. The Kier molecular flexibility index (Phi) is 2.26. The molecule has 0 aromatic rings. The molecule has 2 aliphatic rings. The molecule has 1 saturated carbocycles. The maximum Gasteiger partial charge on any atom is 0.0906 e. The molecule has 0 amide bonds. The molecule has 0 radical (unpaired) electrons. The second kappa shape index (κ2) is 3.25. The predicted octanol–water partition coefficient (Wildman–Crippen LogP) is 3.02. The quantitative estimate of drug-likeness (QED) is 0.559. The Morgan fingerprint density at radius 1 is 1.33 bits per heavy atom. The third-order valence-electron chi connectivity index (χ3n) is 2.76. The molecule has 1 spiro atoms. The minimum atomic E-state index is 0.451. The third-order valence-corrected chi connectivity index (χ3v) is 4.24. The van der Waals surface area contributed by atoms with Crippen LogP contribution < -0.4 is 0 Å². The number of rotatable bonds is 0. The van der Waals surface area contributed by atoms with Crippen molar-refractivity contribution < 1.29 is 0 Å². The van der Waals surface area contributed by atoms with Gasteiger partial charge in [0.1, 0.15) is 0 Å². The van der Waals surface area contributed by atoms with E-state index >= 15 is 0 Å². The van der Waals surface area contributed by atoms with Crippen LogP contribution in [0.15, 0.2) is 17.1 Å². The van der Waals surface area contributed by atoms with E-state index in [4.69, 9.17) is 0 Å². The number of aliphatic imine (C=N–C) groups is 1. The molecule has 2 rings (SSSR count). The topological polar surface area (TPSA) is 12.4 Å². The Hall–Kier alpha value is -0.240. The van der Waals surface area contributed by atoms with Crippen molar-refractivity contribution in [2.45, 2.75) is 36.9 Å². The van der Waals surface area contributed by atoms with Gasteiger partial charge in [-0.05, 0) is 18.9 Å². The van der Waals surface area contributed by atoms with Gasteiger partial charge in [-0.3, -0.25) is 4.99 Å². The molecule has 0 bridgehead atoms. The zero-order valence-electron chi connectivity index (χ0n) is 7.55. The highest BCUT2D eigenvalue weighted by atomic mass is 32.2. The van der Waals surface area contributed by atoms with Crippen LogP contribution in [-0.4, -0.2) is 16.8 Å². The fourth-order valence-corrected chi connectivity index (χ4v) is 3.31. The Balaban J connectivity index is 2.09. The van der Waals surface area contributed by atoms with Crippen LogP contribution in [0.1, 0.15) is 32.1 Å². The van der Waals surface area contributed by atoms with Gasteiger partial charge in [0.2, 0.25) is 0 Å². The second-order valence-corrected chi connectivity index (χ2v) is 5.06. The molecular formula is C10H15NS. The Labute approximate surface area is 78.3 Å². The van der Waals surface area contributed by atoms with E-state index in [1.54, 1.807) is 0 Å². The van der Waals surface area contributed by atoms with Crippen LogP contribution in [0.25, 0.3) is 0 Å². The molecule has 0 aromatic carbocycles. The number of hydrogen-bond donors (Lipinski definition) is 0. The van der Waals surface area contributed by atoms with Crippen LogP contribution in [0, 0.1) is 0 Å². The first-order chi connectivity index (χ1) is 5.85. The zero-order valence-corrected chi connectivity index (χ0v) is 8.36. The first-order valence-electron chi connectivity index (χ1n) is 4.70. The summed E-state index contributed by atoms with van der Waals surface area (Å²) in [7, 11) is 1.88. The molecule has 0 aromatic heterocycles. The molecule has 1 heterocycles. The van der Waals surface area contributed by atoms with Crippen LogP contribution in [0.4, 0.5) is 0 Å². The Bertz CT molecular complexity index is 224. The highest BCUT2D eigenvalue weighted by molar-refractivity contribution is 8.16. The molecule has 1 aliphatic heterocycles. The largest absolute Gasteiger partial charge is 0.282 e. The summed E-state index contributed by atoms with van der Waals surface area (Å²) in [6, 6.07) is 0. The maximum absolute atomic E-state index is 4.23. The lowest BCUT2D eigenvalue weighted by Gasteiger charge is -2.30. The summed E-state index contributed by atoms with van der Waals surface area (Å²) in [6.07, 6.45) is 11.5. The molecule has 1 aliphatic carbocycles. The van der Waals surface area contributed by atoms with Crippen molar-refractivity contribution in [3.63, 3.8) is 0 Å². The van der Waals surface area contributed by atoms with Gasteiger partial charge in [0, 0.05) is 11.8 Å². The standard InChI is InChI=1S/C10H15NS/c1-11-9-5-8-10(12-9)6-3-2-4-7-10/h5,8H,2-4,6-7H2,1H3. The highest BCUT2D eigenvalue weighted by Crippen LogP contribution is 2.45. The molecule has 66 valence electrons. The van der Waals surface area contributed by atoms with Gasteiger partial charge in [0.25, 0.3) is 0 Å². The lowest BCUT2D eigenvalue weighted by atomic mass is 9.88. The number of nitrogens with zero attached hydrogens (tertiary/aromatic N) is 1. The Morgan fingerprint density at radius 2 is 2.08 bits per heavy atom. The molecule has 0 N–H and O–H groups in total. The van der Waals surface area contributed by atoms with Gasteiger partial charge in [-0.2, -0.15) is 0 Å². The van der Waals surface area contributed by atoms with E-state index in [0.29, 0.717) is 4.75 Å². The summed E-state index contributed by atoms with van der Waals surface area (Å²) >= 11 is 1.97. The molecule has 0 atom stereocenters. The number of thioether (sulfide) groups is 1. The van der Waals surface area contributed by atoms with Crippen LogP contribution in [0.5, 0.6) is 0 Å². The van der Waals surface area contributed by atoms with E-state index in [1.807, 2.05) is 18.8 Å². The zero-order chi connectivity index (χ0) is 8.44. The summed E-state index contributed by atoms with van der Waals surface area (Å²) in [6.45, 7) is 0. The van der Waals surface area contributed by atoms with Crippen molar-refractivity contribution in [1.82, 2.24) is 0 Å². The van der Waals surface area contributed by atoms with Crippen LogP contribution in [-0.2, 0) is 0 Å². The molecule has 0 unspecified atom stereocenters. The molecule has 0 saturated heterocycles. The van der Waals surface area contributed by atoms with E-state index in [0.717, 1.165) is 0 Å². The molecular weight excluding hydrogens is 166 g/mol. The van der Waals surface area contributed by atoms with Crippen LogP contribution >= 0.6 is 11.8 Å². The van der Waals surface area contributed by atoms with Crippen molar-refractivity contribution in [1.29, 1.82) is 0 Å².